The predicted molar refractivity (Wildman–Crippen MR) is 115 cm³/mol. The van der Waals surface area contributed by atoms with Crippen LogP contribution in [0.5, 0.6) is 0 Å². The summed E-state index contributed by atoms with van der Waals surface area (Å²) in [6.07, 6.45) is -13.1. The van der Waals surface area contributed by atoms with Gasteiger partial charge < -0.3 is 14.6 Å². The van der Waals surface area contributed by atoms with E-state index in [-0.39, 0.29) is 19.3 Å². The number of ether oxygens (including phenoxy) is 2. The Morgan fingerprint density at radius 3 is 2.93 bits per heavy atom. The molecule has 1 N–H and O–H groups in total. The Morgan fingerprint density at radius 2 is 2.27 bits per heavy atom. The first kappa shape index (κ1) is 9.89. The van der Waals surface area contributed by atoms with Crippen LogP contribution in [0.1, 0.15) is 94.9 Å². The second-order valence-electron chi connectivity index (χ2n) is 8.18. The van der Waals surface area contributed by atoms with Crippen molar-refractivity contribution in [2.45, 2.75) is 91.2 Å². The zero-order valence-corrected chi connectivity index (χ0v) is 17.3. The van der Waals surface area contributed by atoms with Gasteiger partial charge in [-0.15, -0.1) is 0 Å². The van der Waals surface area contributed by atoms with Crippen LogP contribution < -0.4 is 0 Å². The molecule has 0 unspecified atom stereocenters. The first-order chi connectivity index (χ1) is 20.4. The molecule has 0 aromatic rings. The molecule has 0 radical (unpaired) electrons. The second-order valence-corrected chi connectivity index (χ2v) is 8.18. The minimum absolute atomic E-state index is 0.0207. The van der Waals surface area contributed by atoms with Crippen LogP contribution >= 0.6 is 0 Å². The highest BCUT2D eigenvalue weighted by atomic mass is 16.6. The van der Waals surface area contributed by atoms with Gasteiger partial charge in [-0.25, -0.2) is 0 Å². The lowest BCUT2D eigenvalue weighted by atomic mass is 9.65. The SMILES string of the molecule is [2H]C1=C([2H])[C@]([2H])(C([2H])([2H])[2H])[C@]([2H])(CC[C@@H]2C[C@@H](O)CC(=O)O2)[C@]2([2H])C1=C([2H])[C@]([2H])(C([2H])([2H])[2H])C([2H])([2H])[C@]2([2H])OC(=O)C(C)(C)CC. The number of fused-ring (bicyclic) bond motifs is 1. The molecule has 3 aliphatic rings. The smallest absolute Gasteiger partial charge is 0.311 e. The summed E-state index contributed by atoms with van der Waals surface area (Å²) in [6.45, 7) is -3.55. The summed E-state index contributed by atoms with van der Waals surface area (Å²) in [7, 11) is 0. The molecule has 0 spiro atoms. The monoisotopic (exact) mass is 434 g/mol. The lowest BCUT2D eigenvalue weighted by Crippen LogP contribution is -2.43. The van der Waals surface area contributed by atoms with Crippen LogP contribution in [0.4, 0.5) is 0 Å². The zero-order valence-electron chi connectivity index (χ0n) is 33.3. The van der Waals surface area contributed by atoms with E-state index in [1.807, 2.05) is 0 Å². The number of esters is 2. The van der Waals surface area contributed by atoms with E-state index in [2.05, 4.69) is 0 Å². The van der Waals surface area contributed by atoms with Gasteiger partial charge in [0, 0.05) is 28.8 Å². The minimum Gasteiger partial charge on any atom is -0.462 e. The van der Waals surface area contributed by atoms with Crippen LogP contribution in [0, 0.1) is 29.0 Å². The molecule has 2 aliphatic carbocycles. The Kier molecular flexibility index (Phi) is 3.05. The molecule has 5 heteroatoms. The fourth-order valence-electron chi connectivity index (χ4n) is 3.26. The lowest BCUT2D eigenvalue weighted by molar-refractivity contribution is -0.166. The summed E-state index contributed by atoms with van der Waals surface area (Å²) >= 11 is 0. The van der Waals surface area contributed by atoms with Crippen molar-refractivity contribution < 1.29 is 46.1 Å². The third kappa shape index (κ3) is 5.16. The van der Waals surface area contributed by atoms with Gasteiger partial charge in [0.2, 0.25) is 0 Å². The molecule has 1 heterocycles. The average molecular weight is 435 g/mol. The van der Waals surface area contributed by atoms with Gasteiger partial charge in [-0.2, -0.15) is 0 Å². The summed E-state index contributed by atoms with van der Waals surface area (Å²) in [4.78, 5) is 25.6. The molecule has 0 aromatic heterocycles. The van der Waals surface area contributed by atoms with Gasteiger partial charge in [0.05, 0.1) is 23.4 Å². The quantitative estimate of drug-likeness (QED) is 0.619. The van der Waals surface area contributed by atoms with Crippen LogP contribution in [0.3, 0.4) is 0 Å². The highest BCUT2D eigenvalue weighted by Gasteiger charge is 2.43. The Balaban J connectivity index is 2.59. The van der Waals surface area contributed by atoms with Crippen LogP contribution in [-0.2, 0) is 19.1 Å². The summed E-state index contributed by atoms with van der Waals surface area (Å²) in [6, 6.07) is -4.64. The molecule has 0 amide bonds. The first-order valence-corrected chi connectivity index (χ1v) is 9.92. The largest absolute Gasteiger partial charge is 0.462 e. The molecule has 1 aliphatic heterocycles. The van der Waals surface area contributed by atoms with Crippen molar-refractivity contribution in [2.75, 3.05) is 0 Å². The minimum atomic E-state index is -4.14. The van der Waals surface area contributed by atoms with E-state index in [0.29, 0.717) is 0 Å². The van der Waals surface area contributed by atoms with Crippen molar-refractivity contribution in [1.82, 2.24) is 0 Å². The van der Waals surface area contributed by atoms with Crippen molar-refractivity contribution in [2.24, 2.45) is 29.0 Å². The number of carbonyl (C=O) groups is 2. The van der Waals surface area contributed by atoms with Gasteiger partial charge in [0.25, 0.3) is 0 Å². The fourth-order valence-corrected chi connectivity index (χ4v) is 3.26. The van der Waals surface area contributed by atoms with Crippen LogP contribution in [0.15, 0.2) is 23.7 Å². The average Bonchev–Trinajstić information content (AvgIpc) is 2.90. The Hall–Kier alpha value is -1.62. The van der Waals surface area contributed by atoms with E-state index < -0.39 is 116 Å². The lowest BCUT2D eigenvalue weighted by Gasteiger charge is -2.44. The number of cyclic esters (lactones) is 1. The van der Waals surface area contributed by atoms with Crippen molar-refractivity contribution in [3.05, 3.63) is 23.7 Å². The van der Waals surface area contributed by atoms with Crippen molar-refractivity contribution in [3.63, 3.8) is 0 Å². The predicted octanol–water partition coefficient (Wildman–Crippen LogP) is 4.59. The highest BCUT2D eigenvalue weighted by molar-refractivity contribution is 5.76. The van der Waals surface area contributed by atoms with E-state index in [4.69, 9.17) is 27.3 Å². The normalized spacial score (nSPS) is 60.1. The van der Waals surface area contributed by atoms with E-state index in [9.17, 15) is 18.8 Å². The molecule has 0 bridgehead atoms. The molecular formula is C25H38O5. The molecule has 168 valence electrons. The molecule has 3 rings (SSSR count). The van der Waals surface area contributed by atoms with E-state index in [1.165, 1.54) is 20.8 Å². The number of rotatable bonds is 6. The van der Waals surface area contributed by atoms with Gasteiger partial charge in [0.1, 0.15) is 12.2 Å². The zero-order chi connectivity index (χ0) is 36.1. The molecule has 1 fully saturated rings. The number of hydrogen-bond donors (Lipinski definition) is 1. The first-order valence-electron chi connectivity index (χ1n) is 17.9. The Bertz CT molecular complexity index is 1360. The van der Waals surface area contributed by atoms with Crippen molar-refractivity contribution in [3.8, 4) is 0 Å². The summed E-state index contributed by atoms with van der Waals surface area (Å²) in [5.74, 6) is -17.3. The van der Waals surface area contributed by atoms with Gasteiger partial charge in [-0.1, -0.05) is 38.8 Å². The van der Waals surface area contributed by atoms with Crippen molar-refractivity contribution in [1.29, 1.82) is 0 Å². The molecule has 0 aromatic carbocycles. The molecule has 7 atom stereocenters. The number of aliphatic hydroxyl groups is 1. The van der Waals surface area contributed by atoms with Gasteiger partial charge in [0.15, 0.2) is 0 Å². The Labute approximate surface area is 203 Å². The number of carbonyl (C=O) groups excluding carboxylic acids is 2. The summed E-state index contributed by atoms with van der Waals surface area (Å²) in [5, 5.41) is 10.1. The van der Waals surface area contributed by atoms with E-state index >= 15 is 0 Å². The van der Waals surface area contributed by atoms with Gasteiger partial charge in [-0.05, 0) is 62.7 Å². The van der Waals surface area contributed by atoms with E-state index in [1.54, 1.807) is 0 Å². The number of aliphatic hydroxyl groups excluding tert-OH is 1. The fraction of sp³-hybridized carbons (Fsp3) is 0.760. The topological polar surface area (TPSA) is 72.8 Å². The van der Waals surface area contributed by atoms with Gasteiger partial charge >= 0.3 is 11.9 Å². The van der Waals surface area contributed by atoms with Crippen molar-refractivity contribution >= 4 is 11.9 Å². The molecule has 1 saturated heterocycles. The molecular weight excluding hydrogens is 380 g/mol. The highest BCUT2D eigenvalue weighted by Crippen LogP contribution is 2.45. The maximum atomic E-state index is 13.6. The summed E-state index contributed by atoms with van der Waals surface area (Å²) in [5.41, 5.74) is -2.97. The number of allylic oxidation sites excluding steroid dienone is 3. The Morgan fingerprint density at radius 1 is 1.47 bits per heavy atom. The maximum absolute atomic E-state index is 13.6. The standard InChI is InChI=1S/C25H38O5/c1-6-25(4,5)24(28)30-21-12-15(2)11-17-8-7-16(3)20(23(17)21)10-9-19-13-18(26)14-22(27)29-19/h7-8,11,15-16,18-21,23,26H,6,9-10,12-14H2,1-5H3/t15-,16-,18+,19+,20-,21-,23-/m0/s1/i2D3,3D3,7D,8D,11D,12D2,15D,16D,20D,21D,23D. The number of hydrogen-bond acceptors (Lipinski definition) is 5. The third-order valence-electron chi connectivity index (χ3n) is 5.46. The van der Waals surface area contributed by atoms with Crippen LogP contribution in [-0.4, -0.2) is 35.3 Å². The molecule has 30 heavy (non-hydrogen) atoms. The van der Waals surface area contributed by atoms with Gasteiger partial charge in [-0.3, -0.25) is 9.59 Å². The second kappa shape index (κ2) is 9.25. The third-order valence-corrected chi connectivity index (χ3v) is 5.46. The van der Waals surface area contributed by atoms with Crippen LogP contribution in [0.25, 0.3) is 0 Å². The van der Waals surface area contributed by atoms with E-state index in [0.717, 1.165) is 0 Å². The molecule has 5 nitrogen and oxygen atoms in total. The molecule has 0 saturated carbocycles. The van der Waals surface area contributed by atoms with Crippen LogP contribution in [0.2, 0.25) is 0 Å². The maximum Gasteiger partial charge on any atom is 0.311 e. The summed E-state index contributed by atoms with van der Waals surface area (Å²) < 4.78 is 150.